The molecule has 0 N–H and O–H groups in total. The molecule has 1 atom stereocenters. The van der Waals surface area contributed by atoms with Gasteiger partial charge >= 0.3 is 0 Å². The van der Waals surface area contributed by atoms with Crippen LogP contribution in [-0.4, -0.2) is 35.5 Å². The molecule has 0 bridgehead atoms. The predicted octanol–water partition coefficient (Wildman–Crippen LogP) is 4.84. The lowest BCUT2D eigenvalue weighted by Crippen LogP contribution is -2.41. The van der Waals surface area contributed by atoms with Gasteiger partial charge in [-0.05, 0) is 42.7 Å². The molecule has 1 aliphatic rings. The van der Waals surface area contributed by atoms with E-state index in [0.717, 1.165) is 18.4 Å². The second-order valence-corrected chi connectivity index (χ2v) is 7.78. The number of halogens is 2. The zero-order valence-corrected chi connectivity index (χ0v) is 17.1. The first-order valence-corrected chi connectivity index (χ1v) is 10.3. The molecule has 1 aromatic heterocycles. The van der Waals surface area contributed by atoms with E-state index < -0.39 is 0 Å². The highest BCUT2D eigenvalue weighted by Crippen LogP contribution is 2.28. The van der Waals surface area contributed by atoms with E-state index >= 15 is 0 Å². The van der Waals surface area contributed by atoms with Crippen molar-refractivity contribution in [3.63, 3.8) is 0 Å². The minimum Gasteiger partial charge on any atom is -0.482 e. The average molecular weight is 429 g/mol. The van der Waals surface area contributed by atoms with Crippen LogP contribution >= 0.6 is 11.6 Å². The van der Waals surface area contributed by atoms with Gasteiger partial charge in [-0.1, -0.05) is 35.9 Å². The van der Waals surface area contributed by atoms with Gasteiger partial charge in [-0.15, -0.1) is 0 Å². The smallest absolute Gasteiger partial charge is 0.260 e. The summed E-state index contributed by atoms with van der Waals surface area (Å²) in [5, 5.41) is 0.479. The lowest BCUT2D eigenvalue weighted by atomic mass is 9.98. The van der Waals surface area contributed by atoms with Crippen LogP contribution in [0.25, 0.3) is 0 Å². The fourth-order valence-corrected chi connectivity index (χ4v) is 3.83. The number of hydrogen-bond donors (Lipinski definition) is 0. The van der Waals surface area contributed by atoms with Gasteiger partial charge in [0.1, 0.15) is 17.3 Å². The molecule has 1 amide bonds. The highest BCUT2D eigenvalue weighted by atomic mass is 35.5. The molecule has 30 heavy (non-hydrogen) atoms. The number of benzene rings is 2. The molecule has 1 aliphatic heterocycles. The molecular weight excluding hydrogens is 407 g/mol. The molecule has 0 radical (unpaired) electrons. The molecule has 0 aliphatic carbocycles. The zero-order chi connectivity index (χ0) is 20.9. The fraction of sp³-hybridized carbons (Fsp3) is 0.304. The number of rotatable bonds is 6. The van der Waals surface area contributed by atoms with E-state index in [1.807, 2.05) is 18.2 Å². The van der Waals surface area contributed by atoms with E-state index in [4.69, 9.17) is 20.8 Å². The van der Waals surface area contributed by atoms with Gasteiger partial charge in [0, 0.05) is 19.5 Å². The summed E-state index contributed by atoms with van der Waals surface area (Å²) >= 11 is 6.07. The second kappa shape index (κ2) is 9.30. The monoisotopic (exact) mass is 428 g/mol. The number of piperidine rings is 1. The number of para-hydroxylation sites is 1. The van der Waals surface area contributed by atoms with Gasteiger partial charge in [-0.25, -0.2) is 9.37 Å². The lowest BCUT2D eigenvalue weighted by molar-refractivity contribution is -0.134. The molecule has 7 heteroatoms. The van der Waals surface area contributed by atoms with E-state index in [1.54, 1.807) is 29.3 Å². The SMILES string of the molecule is O=C(COc1ccccc1Cl)N1CCC[C@H](c2ncc(Cc3cccc(F)c3)o2)C1. The first-order valence-electron chi connectivity index (χ1n) is 9.92. The van der Waals surface area contributed by atoms with Crippen LogP contribution < -0.4 is 4.74 Å². The Kier molecular flexibility index (Phi) is 6.33. The molecular formula is C23H22ClFN2O3. The molecule has 2 heterocycles. The van der Waals surface area contributed by atoms with E-state index in [1.165, 1.54) is 12.1 Å². The molecule has 2 aromatic carbocycles. The van der Waals surface area contributed by atoms with Crippen molar-refractivity contribution in [1.29, 1.82) is 0 Å². The first kappa shape index (κ1) is 20.4. The third-order valence-electron chi connectivity index (χ3n) is 5.15. The van der Waals surface area contributed by atoms with Crippen LogP contribution in [0, 0.1) is 5.82 Å². The molecule has 0 spiro atoms. The first-order chi connectivity index (χ1) is 14.6. The van der Waals surface area contributed by atoms with Crippen LogP contribution in [0.4, 0.5) is 4.39 Å². The lowest BCUT2D eigenvalue weighted by Gasteiger charge is -2.31. The summed E-state index contributed by atoms with van der Waals surface area (Å²) in [6.07, 6.45) is 3.92. The number of amides is 1. The minimum atomic E-state index is -0.271. The number of aromatic nitrogens is 1. The summed E-state index contributed by atoms with van der Waals surface area (Å²) in [7, 11) is 0. The van der Waals surface area contributed by atoms with Crippen molar-refractivity contribution in [2.45, 2.75) is 25.2 Å². The molecule has 4 rings (SSSR count). The standard InChI is InChI=1S/C23H22ClFN2O3/c24-20-8-1-2-9-21(20)29-15-22(28)27-10-4-6-17(14-27)23-26-13-19(30-23)12-16-5-3-7-18(25)11-16/h1-3,5,7-9,11,13,17H,4,6,10,12,14-15H2/t17-/m0/s1. The van der Waals surface area contributed by atoms with Gasteiger partial charge in [0.15, 0.2) is 12.5 Å². The predicted molar refractivity (Wildman–Crippen MR) is 111 cm³/mol. The van der Waals surface area contributed by atoms with E-state index in [9.17, 15) is 9.18 Å². The molecule has 0 saturated carbocycles. The molecule has 0 unspecified atom stereocenters. The minimum absolute atomic E-state index is 0.0317. The summed E-state index contributed by atoms with van der Waals surface area (Å²) in [6.45, 7) is 1.15. The van der Waals surface area contributed by atoms with Crippen LogP contribution in [-0.2, 0) is 11.2 Å². The van der Waals surface area contributed by atoms with Crippen molar-refractivity contribution >= 4 is 17.5 Å². The van der Waals surface area contributed by atoms with Gasteiger partial charge in [0.2, 0.25) is 0 Å². The van der Waals surface area contributed by atoms with Crippen molar-refractivity contribution in [1.82, 2.24) is 9.88 Å². The summed E-state index contributed by atoms with van der Waals surface area (Å²) in [5.41, 5.74) is 0.829. The highest BCUT2D eigenvalue weighted by Gasteiger charge is 2.28. The quantitative estimate of drug-likeness (QED) is 0.563. The Morgan fingerprint density at radius 1 is 1.27 bits per heavy atom. The van der Waals surface area contributed by atoms with Crippen molar-refractivity contribution in [3.8, 4) is 5.75 Å². The maximum Gasteiger partial charge on any atom is 0.260 e. The average Bonchev–Trinajstić information content (AvgIpc) is 3.21. The molecule has 156 valence electrons. The topological polar surface area (TPSA) is 55.6 Å². The van der Waals surface area contributed by atoms with Crippen LogP contribution in [0.5, 0.6) is 5.75 Å². The maximum atomic E-state index is 13.4. The van der Waals surface area contributed by atoms with Gasteiger partial charge in [-0.3, -0.25) is 4.79 Å². The van der Waals surface area contributed by atoms with Gasteiger partial charge < -0.3 is 14.1 Å². The van der Waals surface area contributed by atoms with E-state index in [0.29, 0.717) is 41.9 Å². The van der Waals surface area contributed by atoms with Crippen molar-refractivity contribution in [2.24, 2.45) is 0 Å². The summed E-state index contributed by atoms with van der Waals surface area (Å²) in [4.78, 5) is 18.8. The van der Waals surface area contributed by atoms with E-state index in [-0.39, 0.29) is 24.2 Å². The largest absolute Gasteiger partial charge is 0.482 e. The molecule has 5 nitrogen and oxygen atoms in total. The second-order valence-electron chi connectivity index (χ2n) is 7.37. The van der Waals surface area contributed by atoms with Crippen LogP contribution in [0.1, 0.15) is 36.0 Å². The van der Waals surface area contributed by atoms with Crippen molar-refractivity contribution < 1.29 is 18.3 Å². The summed E-state index contributed by atoms with van der Waals surface area (Å²) in [6, 6.07) is 13.5. The third-order valence-corrected chi connectivity index (χ3v) is 5.46. The Morgan fingerprint density at radius 3 is 2.97 bits per heavy atom. The van der Waals surface area contributed by atoms with Crippen LogP contribution in [0.3, 0.4) is 0 Å². The Morgan fingerprint density at radius 2 is 2.13 bits per heavy atom. The van der Waals surface area contributed by atoms with Crippen LogP contribution in [0.2, 0.25) is 5.02 Å². The third kappa shape index (κ3) is 5.00. The molecule has 1 fully saturated rings. The maximum absolute atomic E-state index is 13.4. The molecule has 1 saturated heterocycles. The van der Waals surface area contributed by atoms with E-state index in [2.05, 4.69) is 4.98 Å². The molecule has 3 aromatic rings. The van der Waals surface area contributed by atoms with Gasteiger partial charge in [0.25, 0.3) is 5.91 Å². The number of nitrogens with zero attached hydrogens (tertiary/aromatic N) is 2. The normalized spacial score (nSPS) is 16.5. The Labute approximate surface area is 179 Å². The number of likely N-dealkylation sites (tertiary alicyclic amines) is 1. The number of oxazole rings is 1. The van der Waals surface area contributed by atoms with Crippen molar-refractivity contribution in [2.75, 3.05) is 19.7 Å². The highest BCUT2D eigenvalue weighted by molar-refractivity contribution is 6.32. The Hall–Kier alpha value is -2.86. The summed E-state index contributed by atoms with van der Waals surface area (Å²) in [5.74, 6) is 1.46. The van der Waals surface area contributed by atoms with Crippen molar-refractivity contribution in [3.05, 3.63) is 82.8 Å². The summed E-state index contributed by atoms with van der Waals surface area (Å²) < 4.78 is 24.9. The number of hydrogen-bond acceptors (Lipinski definition) is 4. The van der Waals surface area contributed by atoms with Gasteiger partial charge in [-0.2, -0.15) is 0 Å². The Balaban J connectivity index is 1.35. The Bertz CT molecular complexity index is 1020. The van der Waals surface area contributed by atoms with Crippen LogP contribution in [0.15, 0.2) is 59.1 Å². The fourth-order valence-electron chi connectivity index (χ4n) is 3.64. The number of carbonyl (C=O) groups is 1. The number of carbonyl (C=O) groups excluding carboxylic acids is 1. The zero-order valence-electron chi connectivity index (χ0n) is 16.4. The number of ether oxygens (including phenoxy) is 1. The van der Waals surface area contributed by atoms with Gasteiger partial charge in [0.05, 0.1) is 17.1 Å².